The summed E-state index contributed by atoms with van der Waals surface area (Å²) in [6.07, 6.45) is 1.33. The molecule has 0 saturated heterocycles. The average Bonchev–Trinajstić information content (AvgIpc) is 3.59. The first-order valence-corrected chi connectivity index (χ1v) is 15.6. The standard InChI is InChI=1S/C31H29N3O5S2/c1-39-31(36)28-25-16-17-33(19-21-7-3-2-4-8-21)20-27(25)40-30(28)32-29(35)23-11-13-24(14-12-23)41(37,38)34-18-15-22-9-5-6-10-26(22)34/h2-14H,15-20H2,1H3,(H,32,35). The predicted octanol–water partition coefficient (Wildman–Crippen LogP) is 5.10. The van der Waals surface area contributed by atoms with Gasteiger partial charge in [0.2, 0.25) is 0 Å². The van der Waals surface area contributed by atoms with Gasteiger partial charge in [-0.1, -0.05) is 48.5 Å². The molecule has 2 aliphatic rings. The number of carbonyl (C=O) groups excluding carboxylic acids is 2. The zero-order chi connectivity index (χ0) is 28.6. The van der Waals surface area contributed by atoms with Crippen molar-refractivity contribution in [2.75, 3.05) is 29.8 Å². The van der Waals surface area contributed by atoms with Crippen LogP contribution in [-0.2, 0) is 40.7 Å². The number of sulfonamides is 1. The normalized spacial score (nSPS) is 14.8. The Hall–Kier alpha value is -3.99. The molecular weight excluding hydrogens is 558 g/mol. The van der Waals surface area contributed by atoms with Crippen LogP contribution in [0.15, 0.2) is 83.8 Å². The lowest BCUT2D eigenvalue weighted by atomic mass is 10.0. The van der Waals surface area contributed by atoms with E-state index in [-0.39, 0.29) is 4.90 Å². The van der Waals surface area contributed by atoms with Crippen LogP contribution in [0, 0.1) is 0 Å². The topological polar surface area (TPSA) is 96.0 Å². The van der Waals surface area contributed by atoms with Crippen molar-refractivity contribution in [2.45, 2.75) is 30.8 Å². The number of anilines is 2. The molecule has 6 rings (SSSR count). The fourth-order valence-electron chi connectivity index (χ4n) is 5.48. The highest BCUT2D eigenvalue weighted by Gasteiger charge is 2.32. The van der Waals surface area contributed by atoms with E-state index in [4.69, 9.17) is 4.74 Å². The van der Waals surface area contributed by atoms with Crippen molar-refractivity contribution in [1.82, 2.24) is 4.90 Å². The Morgan fingerprint density at radius 1 is 0.927 bits per heavy atom. The number of esters is 1. The summed E-state index contributed by atoms with van der Waals surface area (Å²) >= 11 is 1.38. The van der Waals surface area contributed by atoms with Gasteiger partial charge in [-0.3, -0.25) is 14.0 Å². The molecule has 3 aromatic carbocycles. The SMILES string of the molecule is COC(=O)c1c(NC(=O)c2ccc(S(=O)(=O)N3CCc4ccccc43)cc2)sc2c1CCN(Cc1ccccc1)C2. The molecule has 0 fully saturated rings. The number of benzene rings is 3. The largest absolute Gasteiger partial charge is 0.465 e. The summed E-state index contributed by atoms with van der Waals surface area (Å²) < 4.78 is 33.2. The van der Waals surface area contributed by atoms with E-state index in [9.17, 15) is 18.0 Å². The maximum Gasteiger partial charge on any atom is 0.341 e. The minimum Gasteiger partial charge on any atom is -0.465 e. The van der Waals surface area contributed by atoms with Crippen molar-refractivity contribution in [3.63, 3.8) is 0 Å². The van der Waals surface area contributed by atoms with E-state index in [0.29, 0.717) is 47.7 Å². The Balaban J connectivity index is 1.20. The number of methoxy groups -OCH3 is 1. The molecule has 10 heteroatoms. The minimum absolute atomic E-state index is 0.117. The van der Waals surface area contributed by atoms with Gasteiger partial charge in [-0.05, 0) is 59.9 Å². The molecule has 4 aromatic rings. The first kappa shape index (κ1) is 27.2. The smallest absolute Gasteiger partial charge is 0.341 e. The summed E-state index contributed by atoms with van der Waals surface area (Å²) in [6.45, 7) is 2.63. The van der Waals surface area contributed by atoms with Crippen molar-refractivity contribution >= 4 is 43.9 Å². The van der Waals surface area contributed by atoms with E-state index in [1.165, 1.54) is 52.6 Å². The van der Waals surface area contributed by atoms with E-state index in [1.54, 1.807) is 0 Å². The highest BCUT2D eigenvalue weighted by Crippen LogP contribution is 2.38. The Kier molecular flexibility index (Phi) is 7.37. The molecule has 0 bridgehead atoms. The van der Waals surface area contributed by atoms with Crippen LogP contribution >= 0.6 is 11.3 Å². The lowest BCUT2D eigenvalue weighted by Gasteiger charge is -2.27. The van der Waals surface area contributed by atoms with Gasteiger partial charge in [0, 0.05) is 36.6 Å². The number of hydrogen-bond donors (Lipinski definition) is 1. The lowest BCUT2D eigenvalue weighted by molar-refractivity contribution is 0.0600. The fourth-order valence-corrected chi connectivity index (χ4v) is 8.25. The van der Waals surface area contributed by atoms with Gasteiger partial charge < -0.3 is 10.1 Å². The Labute approximate surface area is 243 Å². The Morgan fingerprint density at radius 3 is 2.41 bits per heavy atom. The summed E-state index contributed by atoms with van der Waals surface area (Å²) in [5.74, 6) is -0.910. The molecule has 1 aromatic heterocycles. The second-order valence-corrected chi connectivity index (χ2v) is 13.0. The second-order valence-electron chi connectivity index (χ2n) is 10.1. The zero-order valence-electron chi connectivity index (χ0n) is 22.5. The third-order valence-electron chi connectivity index (χ3n) is 7.55. The molecule has 0 unspecified atom stereocenters. The quantitative estimate of drug-likeness (QED) is 0.303. The molecule has 0 saturated carbocycles. The number of ether oxygens (including phenoxy) is 1. The summed E-state index contributed by atoms with van der Waals surface area (Å²) in [7, 11) is -2.43. The molecule has 210 valence electrons. The molecule has 1 N–H and O–H groups in total. The molecule has 41 heavy (non-hydrogen) atoms. The molecule has 1 amide bonds. The van der Waals surface area contributed by atoms with Gasteiger partial charge in [-0.25, -0.2) is 13.2 Å². The number of thiophene rings is 1. The molecular formula is C31H29N3O5S2. The van der Waals surface area contributed by atoms with Gasteiger partial charge in [0.05, 0.1) is 23.3 Å². The van der Waals surface area contributed by atoms with Crippen LogP contribution < -0.4 is 9.62 Å². The third kappa shape index (κ3) is 5.26. The Morgan fingerprint density at radius 2 is 1.66 bits per heavy atom. The molecule has 0 aliphatic carbocycles. The highest BCUT2D eigenvalue weighted by molar-refractivity contribution is 7.92. The Bertz CT molecular complexity index is 1720. The van der Waals surface area contributed by atoms with E-state index in [1.807, 2.05) is 42.5 Å². The van der Waals surface area contributed by atoms with Crippen LogP contribution in [0.25, 0.3) is 0 Å². The molecule has 0 spiro atoms. The second kappa shape index (κ2) is 11.1. The minimum atomic E-state index is -3.77. The summed E-state index contributed by atoms with van der Waals surface area (Å²) in [5, 5.41) is 3.33. The molecule has 8 nitrogen and oxygen atoms in total. The van der Waals surface area contributed by atoms with Crippen LogP contribution in [0.2, 0.25) is 0 Å². The first-order valence-electron chi connectivity index (χ1n) is 13.4. The van der Waals surface area contributed by atoms with Gasteiger partial charge in [-0.2, -0.15) is 0 Å². The van der Waals surface area contributed by atoms with Crippen LogP contribution in [0.5, 0.6) is 0 Å². The highest BCUT2D eigenvalue weighted by atomic mass is 32.2. The van der Waals surface area contributed by atoms with Crippen LogP contribution in [0.3, 0.4) is 0 Å². The summed E-state index contributed by atoms with van der Waals surface area (Å²) in [4.78, 5) is 29.5. The summed E-state index contributed by atoms with van der Waals surface area (Å²) in [5.41, 5.74) is 4.50. The van der Waals surface area contributed by atoms with Gasteiger partial charge in [0.15, 0.2) is 0 Å². The third-order valence-corrected chi connectivity index (χ3v) is 10.5. The fraction of sp³-hybridized carbons (Fsp3) is 0.226. The molecule has 2 aliphatic heterocycles. The predicted molar refractivity (Wildman–Crippen MR) is 159 cm³/mol. The van der Waals surface area contributed by atoms with Crippen LogP contribution in [0.4, 0.5) is 10.7 Å². The van der Waals surface area contributed by atoms with E-state index < -0.39 is 21.9 Å². The summed E-state index contributed by atoms with van der Waals surface area (Å²) in [6, 6.07) is 23.6. The average molecular weight is 588 g/mol. The number of nitrogens with zero attached hydrogens (tertiary/aromatic N) is 2. The number of amides is 1. The number of rotatable bonds is 7. The van der Waals surface area contributed by atoms with Gasteiger partial charge in [0.1, 0.15) is 5.00 Å². The number of para-hydroxylation sites is 1. The van der Waals surface area contributed by atoms with Gasteiger partial charge in [0.25, 0.3) is 15.9 Å². The number of hydrogen-bond acceptors (Lipinski definition) is 7. The van der Waals surface area contributed by atoms with Crippen molar-refractivity contribution in [2.24, 2.45) is 0 Å². The van der Waals surface area contributed by atoms with E-state index >= 15 is 0 Å². The monoisotopic (exact) mass is 587 g/mol. The zero-order valence-corrected chi connectivity index (χ0v) is 24.1. The lowest BCUT2D eigenvalue weighted by Crippen LogP contribution is -2.29. The maximum atomic E-state index is 13.3. The van der Waals surface area contributed by atoms with Gasteiger partial charge >= 0.3 is 5.97 Å². The van der Waals surface area contributed by atoms with Crippen molar-refractivity contribution in [3.8, 4) is 0 Å². The molecule has 0 atom stereocenters. The van der Waals surface area contributed by atoms with Gasteiger partial charge in [-0.15, -0.1) is 11.3 Å². The van der Waals surface area contributed by atoms with Crippen molar-refractivity contribution in [3.05, 3.63) is 112 Å². The van der Waals surface area contributed by atoms with Crippen molar-refractivity contribution in [1.29, 1.82) is 0 Å². The van der Waals surface area contributed by atoms with E-state index in [2.05, 4.69) is 22.3 Å². The van der Waals surface area contributed by atoms with Crippen molar-refractivity contribution < 1.29 is 22.7 Å². The number of carbonyl (C=O) groups is 2. The molecule has 0 radical (unpaired) electrons. The van der Waals surface area contributed by atoms with Crippen LogP contribution in [-0.4, -0.2) is 45.4 Å². The van der Waals surface area contributed by atoms with Crippen LogP contribution in [0.1, 0.15) is 42.3 Å². The first-order chi connectivity index (χ1) is 19.8. The molecule has 3 heterocycles. The number of nitrogens with one attached hydrogen (secondary N) is 1. The number of fused-ring (bicyclic) bond motifs is 2. The maximum absolute atomic E-state index is 13.3. The van der Waals surface area contributed by atoms with E-state index in [0.717, 1.165) is 29.1 Å².